The average molecular weight is 247 g/mol. The van der Waals surface area contributed by atoms with Gasteiger partial charge in [0.2, 0.25) is 0 Å². The van der Waals surface area contributed by atoms with Crippen LogP contribution >= 0.6 is 11.8 Å². The molecule has 5 nitrogen and oxygen atoms in total. The summed E-state index contributed by atoms with van der Waals surface area (Å²) in [7, 11) is 0. The molecule has 0 aliphatic carbocycles. The molecule has 0 amide bonds. The third kappa shape index (κ3) is 11.0. The molecule has 78 valence electrons. The van der Waals surface area contributed by atoms with Crippen molar-refractivity contribution in [3.05, 3.63) is 10.4 Å². The predicted octanol–water partition coefficient (Wildman–Crippen LogP) is -2.45. The van der Waals surface area contributed by atoms with Crippen molar-refractivity contribution in [2.24, 2.45) is 5.11 Å². The molecule has 0 aliphatic rings. The fourth-order valence-electron chi connectivity index (χ4n) is 0.583. The molecule has 0 bridgehead atoms. The Balaban J connectivity index is -0.000000376. The van der Waals surface area contributed by atoms with E-state index in [0.717, 1.165) is 0 Å². The molecule has 0 radical (unpaired) electrons. The number of azide groups is 1. The Hall–Kier alpha value is 0.930. The molecule has 0 aromatic rings. The van der Waals surface area contributed by atoms with Crippen LogP contribution in [0, 0.1) is 0 Å². The zero-order valence-corrected chi connectivity index (χ0v) is 12.3. The van der Waals surface area contributed by atoms with E-state index in [2.05, 4.69) is 22.7 Å². The van der Waals surface area contributed by atoms with E-state index in [9.17, 15) is 5.11 Å². The summed E-state index contributed by atoms with van der Waals surface area (Å²) in [5.74, 6) is 0.463. The van der Waals surface area contributed by atoms with E-state index in [0.29, 0.717) is 5.75 Å². The molecule has 14 heavy (non-hydrogen) atoms. The second kappa shape index (κ2) is 16.4. The van der Waals surface area contributed by atoms with Crippen molar-refractivity contribution in [3.8, 4) is 0 Å². The van der Waals surface area contributed by atoms with Crippen LogP contribution in [0.1, 0.15) is 0 Å². The van der Waals surface area contributed by atoms with Gasteiger partial charge in [-0.2, -0.15) is 18.0 Å². The SMILES string of the molecule is CSC[C@H](O)[C@@H](CO)N=[N+]=[N-].C[S-].[Na+]. The monoisotopic (exact) mass is 247 g/mol. The van der Waals surface area contributed by atoms with Gasteiger partial charge in [-0.25, -0.2) is 0 Å². The van der Waals surface area contributed by atoms with Crippen molar-refractivity contribution in [3.63, 3.8) is 0 Å². The molecule has 2 atom stereocenters. The van der Waals surface area contributed by atoms with Gasteiger partial charge in [-0.1, -0.05) is 5.11 Å². The largest absolute Gasteiger partial charge is 1.00 e. The van der Waals surface area contributed by atoms with E-state index >= 15 is 0 Å². The molecule has 8 heteroatoms. The molecule has 0 aromatic heterocycles. The van der Waals surface area contributed by atoms with Crippen LogP contribution in [0.4, 0.5) is 0 Å². The Morgan fingerprint density at radius 3 is 2.36 bits per heavy atom. The number of aliphatic hydroxyl groups excluding tert-OH is 2. The van der Waals surface area contributed by atoms with Crippen molar-refractivity contribution in [1.82, 2.24) is 0 Å². The van der Waals surface area contributed by atoms with Gasteiger partial charge in [0.25, 0.3) is 0 Å². The average Bonchev–Trinajstić information content (AvgIpc) is 2.17. The summed E-state index contributed by atoms with van der Waals surface area (Å²) in [4.78, 5) is 2.51. The van der Waals surface area contributed by atoms with Crippen LogP contribution in [-0.2, 0) is 12.6 Å². The van der Waals surface area contributed by atoms with Crippen molar-refractivity contribution >= 4 is 24.4 Å². The van der Waals surface area contributed by atoms with E-state index < -0.39 is 12.1 Å². The zero-order valence-electron chi connectivity index (χ0n) is 8.62. The number of hydrogen-bond donors (Lipinski definition) is 2. The molecule has 0 heterocycles. The van der Waals surface area contributed by atoms with Crippen LogP contribution in [0.15, 0.2) is 5.11 Å². The smallest absolute Gasteiger partial charge is 0.796 e. The summed E-state index contributed by atoms with van der Waals surface area (Å²) in [6.07, 6.45) is 2.65. The third-order valence-electron chi connectivity index (χ3n) is 1.17. The molecule has 0 rings (SSSR count). The molecule has 0 fully saturated rings. The molecular weight excluding hydrogens is 233 g/mol. The molecule has 0 spiro atoms. The number of thioether (sulfide) groups is 1. The first-order valence-electron chi connectivity index (χ1n) is 3.49. The molecule has 2 N–H and O–H groups in total. The second-order valence-corrected chi connectivity index (χ2v) is 2.89. The third-order valence-corrected chi connectivity index (χ3v) is 1.84. The number of nitrogens with zero attached hydrogens (tertiary/aromatic N) is 3. The maximum Gasteiger partial charge on any atom is 1.00 e. The van der Waals surface area contributed by atoms with Crippen molar-refractivity contribution in [2.45, 2.75) is 12.1 Å². The molecule has 0 aromatic carbocycles. The van der Waals surface area contributed by atoms with E-state index in [-0.39, 0.29) is 36.2 Å². The minimum Gasteiger partial charge on any atom is -0.796 e. The fraction of sp³-hybridized carbons (Fsp3) is 1.00. The normalized spacial score (nSPS) is 12.4. The summed E-state index contributed by atoms with van der Waals surface area (Å²) in [6, 6.07) is -0.715. The maximum absolute atomic E-state index is 9.19. The summed E-state index contributed by atoms with van der Waals surface area (Å²) >= 11 is 5.52. The van der Waals surface area contributed by atoms with Gasteiger partial charge in [0.1, 0.15) is 0 Å². The Labute approximate surface area is 116 Å². The van der Waals surface area contributed by atoms with Crippen LogP contribution < -0.4 is 29.6 Å². The van der Waals surface area contributed by atoms with Crippen molar-refractivity contribution < 1.29 is 39.8 Å². The summed E-state index contributed by atoms with van der Waals surface area (Å²) < 4.78 is 0. The minimum absolute atomic E-state index is 0. The van der Waals surface area contributed by atoms with E-state index in [4.69, 9.17) is 10.6 Å². The quantitative estimate of drug-likeness (QED) is 0.185. The Morgan fingerprint density at radius 2 is 2.07 bits per heavy atom. The molecule has 0 saturated heterocycles. The van der Waals surface area contributed by atoms with Crippen molar-refractivity contribution in [1.29, 1.82) is 0 Å². The van der Waals surface area contributed by atoms with Gasteiger partial charge in [0.15, 0.2) is 0 Å². The van der Waals surface area contributed by atoms with Gasteiger partial charge in [-0.05, 0) is 11.8 Å². The first kappa shape index (κ1) is 20.4. The van der Waals surface area contributed by atoms with Crippen LogP contribution in [0.25, 0.3) is 10.4 Å². The molecule has 0 saturated carbocycles. The van der Waals surface area contributed by atoms with E-state index in [1.165, 1.54) is 11.8 Å². The first-order chi connectivity index (χ1) is 6.26. The van der Waals surface area contributed by atoms with Gasteiger partial charge >= 0.3 is 29.6 Å². The number of rotatable bonds is 5. The second-order valence-electron chi connectivity index (χ2n) is 1.98. The van der Waals surface area contributed by atoms with Gasteiger partial charge in [0, 0.05) is 10.7 Å². The summed E-state index contributed by atoms with van der Waals surface area (Å²) in [5, 5.41) is 21.0. The summed E-state index contributed by atoms with van der Waals surface area (Å²) in [6.45, 7) is -0.314. The van der Waals surface area contributed by atoms with Gasteiger partial charge in [-0.15, -0.1) is 0 Å². The fourth-order valence-corrected chi connectivity index (χ4v) is 1.15. The summed E-state index contributed by atoms with van der Waals surface area (Å²) in [5.41, 5.74) is 8.01. The van der Waals surface area contributed by atoms with Gasteiger partial charge in [-0.3, -0.25) is 0 Å². The minimum atomic E-state index is -0.758. The maximum atomic E-state index is 9.19. The van der Waals surface area contributed by atoms with Crippen LogP contribution in [0.5, 0.6) is 0 Å². The van der Waals surface area contributed by atoms with Crippen LogP contribution in [0.2, 0.25) is 0 Å². The standard InChI is InChI=1S/C5H11N3O2S.CH4S.Na/c1-11-3-5(10)4(2-9)7-8-6;1-2;/h4-5,9-10H,2-3H2,1H3;2H,1H3;/q;;+1/p-1/t4-,5+;;/m1../s1. The predicted molar refractivity (Wildman–Crippen MR) is 57.7 cm³/mol. The molecular formula is C6H14N3NaO2S2. The molecule has 0 aliphatic heterocycles. The van der Waals surface area contributed by atoms with Gasteiger partial charge < -0.3 is 22.8 Å². The van der Waals surface area contributed by atoms with E-state index in [1.54, 1.807) is 6.26 Å². The first-order valence-corrected chi connectivity index (χ1v) is 5.70. The Morgan fingerprint density at radius 1 is 1.57 bits per heavy atom. The number of aliphatic hydroxyl groups is 2. The van der Waals surface area contributed by atoms with Gasteiger partial charge in [0.05, 0.1) is 18.8 Å². The number of hydrogen-bond acceptors (Lipinski definition) is 5. The van der Waals surface area contributed by atoms with Crippen LogP contribution in [0.3, 0.4) is 0 Å². The topological polar surface area (TPSA) is 89.2 Å². The Kier molecular flexibility index (Phi) is 23.8. The van der Waals surface area contributed by atoms with Crippen molar-refractivity contribution in [2.75, 3.05) is 24.9 Å². The zero-order chi connectivity index (χ0) is 10.7. The van der Waals surface area contributed by atoms with E-state index in [1.807, 2.05) is 6.26 Å². The van der Waals surface area contributed by atoms with Crippen LogP contribution in [-0.4, -0.2) is 47.2 Å². The molecule has 0 unspecified atom stereocenters. The Bertz CT molecular complexity index is 158.